The Kier molecular flexibility index (Phi) is 6.70. The van der Waals surface area contributed by atoms with Crippen LogP contribution in [0.4, 0.5) is 0 Å². The van der Waals surface area contributed by atoms with Crippen LogP contribution in [0.15, 0.2) is 30.3 Å². The van der Waals surface area contributed by atoms with E-state index in [2.05, 4.69) is 0 Å². The number of piperazine rings is 1. The Balaban J connectivity index is 1.41. The zero-order valence-electron chi connectivity index (χ0n) is 17.8. The van der Waals surface area contributed by atoms with Crippen molar-refractivity contribution >= 4 is 17.7 Å². The van der Waals surface area contributed by atoms with E-state index in [-0.39, 0.29) is 17.7 Å². The molecule has 4 rings (SSSR count). The molecule has 30 heavy (non-hydrogen) atoms. The van der Waals surface area contributed by atoms with Crippen molar-refractivity contribution in [1.29, 1.82) is 0 Å². The Morgan fingerprint density at radius 2 is 1.53 bits per heavy atom. The van der Waals surface area contributed by atoms with Crippen molar-refractivity contribution in [2.45, 2.75) is 57.4 Å². The van der Waals surface area contributed by atoms with Crippen molar-refractivity contribution in [2.75, 3.05) is 32.7 Å². The summed E-state index contributed by atoms with van der Waals surface area (Å²) >= 11 is 0. The van der Waals surface area contributed by atoms with Gasteiger partial charge in [0.1, 0.15) is 6.04 Å². The summed E-state index contributed by atoms with van der Waals surface area (Å²) < 4.78 is 0. The Bertz CT molecular complexity index is 752. The van der Waals surface area contributed by atoms with Gasteiger partial charge in [-0.25, -0.2) is 0 Å². The van der Waals surface area contributed by atoms with Gasteiger partial charge in [0.15, 0.2) is 0 Å². The topological polar surface area (TPSA) is 60.9 Å². The van der Waals surface area contributed by atoms with Crippen LogP contribution in [0.5, 0.6) is 0 Å². The molecule has 6 heteroatoms. The smallest absolute Gasteiger partial charge is 0.250 e. The maximum Gasteiger partial charge on any atom is 0.250 e. The van der Waals surface area contributed by atoms with Gasteiger partial charge in [-0.05, 0) is 37.2 Å². The summed E-state index contributed by atoms with van der Waals surface area (Å²) in [6.45, 7) is 2.89. The molecule has 0 N–H and O–H groups in total. The van der Waals surface area contributed by atoms with Crippen molar-refractivity contribution in [2.24, 2.45) is 5.92 Å². The fraction of sp³-hybridized carbons (Fsp3) is 0.625. The number of amides is 3. The quantitative estimate of drug-likeness (QED) is 0.748. The lowest BCUT2D eigenvalue weighted by molar-refractivity contribution is -0.150. The number of carbonyl (C=O) groups excluding carboxylic acids is 3. The van der Waals surface area contributed by atoms with E-state index in [0.29, 0.717) is 51.5 Å². The zero-order valence-corrected chi connectivity index (χ0v) is 17.8. The van der Waals surface area contributed by atoms with E-state index < -0.39 is 6.04 Å². The van der Waals surface area contributed by atoms with E-state index in [9.17, 15) is 14.4 Å². The summed E-state index contributed by atoms with van der Waals surface area (Å²) in [6, 6.07) is 9.09. The molecular weight excluding hydrogens is 378 g/mol. The maximum atomic E-state index is 13.5. The summed E-state index contributed by atoms with van der Waals surface area (Å²) in [5, 5.41) is 0. The minimum absolute atomic E-state index is 0.0145. The van der Waals surface area contributed by atoms with E-state index >= 15 is 0 Å². The van der Waals surface area contributed by atoms with Crippen LogP contribution in [-0.4, -0.2) is 65.1 Å². The average molecular weight is 412 g/mol. The Morgan fingerprint density at radius 3 is 2.20 bits per heavy atom. The zero-order chi connectivity index (χ0) is 20.9. The number of hydrogen-bond acceptors (Lipinski definition) is 3. The molecule has 3 fully saturated rings. The Hall–Kier alpha value is -2.37. The molecule has 3 aliphatic rings. The highest BCUT2D eigenvalue weighted by molar-refractivity contribution is 5.89. The van der Waals surface area contributed by atoms with Crippen molar-refractivity contribution in [3.8, 4) is 0 Å². The molecule has 0 spiro atoms. The third-order valence-electron chi connectivity index (χ3n) is 6.90. The van der Waals surface area contributed by atoms with Crippen molar-refractivity contribution in [1.82, 2.24) is 14.7 Å². The molecule has 1 unspecified atom stereocenters. The van der Waals surface area contributed by atoms with Crippen LogP contribution >= 0.6 is 0 Å². The second kappa shape index (κ2) is 9.63. The number of nitrogens with zero attached hydrogens (tertiary/aromatic N) is 3. The predicted octanol–water partition coefficient (Wildman–Crippen LogP) is 2.99. The first-order valence-corrected chi connectivity index (χ1v) is 11.5. The van der Waals surface area contributed by atoms with Gasteiger partial charge in [-0.2, -0.15) is 0 Å². The first kappa shape index (κ1) is 20.9. The van der Waals surface area contributed by atoms with Gasteiger partial charge in [-0.1, -0.05) is 43.2 Å². The van der Waals surface area contributed by atoms with Crippen molar-refractivity contribution < 1.29 is 14.4 Å². The van der Waals surface area contributed by atoms with Crippen LogP contribution in [0.2, 0.25) is 0 Å². The summed E-state index contributed by atoms with van der Waals surface area (Å²) in [5.41, 5.74) is 0.873. The molecule has 2 aliphatic heterocycles. The number of rotatable bonds is 5. The maximum absolute atomic E-state index is 13.5. The monoisotopic (exact) mass is 411 g/mol. The third kappa shape index (κ3) is 4.68. The van der Waals surface area contributed by atoms with Crippen LogP contribution in [0.1, 0.15) is 63.0 Å². The van der Waals surface area contributed by atoms with Gasteiger partial charge in [0.25, 0.3) is 0 Å². The summed E-state index contributed by atoms with van der Waals surface area (Å²) in [6.07, 6.45) is 7.84. The van der Waals surface area contributed by atoms with E-state index in [1.54, 1.807) is 4.90 Å². The molecule has 0 aromatic heterocycles. The van der Waals surface area contributed by atoms with Crippen LogP contribution in [0.3, 0.4) is 0 Å². The molecule has 2 heterocycles. The molecule has 1 aromatic rings. The fourth-order valence-electron chi connectivity index (χ4n) is 5.13. The predicted molar refractivity (Wildman–Crippen MR) is 114 cm³/mol. The highest BCUT2D eigenvalue weighted by Crippen LogP contribution is 2.29. The number of piperidine rings is 1. The summed E-state index contributed by atoms with van der Waals surface area (Å²) in [7, 11) is 0. The normalized spacial score (nSPS) is 21.7. The van der Waals surface area contributed by atoms with Gasteiger partial charge in [0, 0.05) is 45.6 Å². The molecule has 1 atom stereocenters. The highest BCUT2D eigenvalue weighted by Gasteiger charge is 2.36. The molecule has 3 amide bonds. The first-order valence-electron chi connectivity index (χ1n) is 11.5. The standard InChI is InChI=1S/C24H33N3O3/c28-21-12-6-7-13-27(21)23(20-10-2-1-3-11-20)24(30)26-16-14-25(15-17-26)22(29)18-19-8-4-5-9-19/h1-3,10-11,19,23H,4-9,12-18H2. The van der Waals surface area contributed by atoms with Crippen LogP contribution in [-0.2, 0) is 14.4 Å². The van der Waals surface area contributed by atoms with Crippen LogP contribution in [0, 0.1) is 5.92 Å². The summed E-state index contributed by atoms with van der Waals surface area (Å²) in [5.74, 6) is 0.831. The molecule has 0 radical (unpaired) electrons. The minimum atomic E-state index is -0.556. The molecule has 162 valence electrons. The van der Waals surface area contributed by atoms with Crippen LogP contribution < -0.4 is 0 Å². The lowest BCUT2D eigenvalue weighted by Crippen LogP contribution is -2.54. The Labute approximate surface area is 179 Å². The molecule has 1 aliphatic carbocycles. The molecule has 2 saturated heterocycles. The number of hydrogen-bond donors (Lipinski definition) is 0. The van der Waals surface area contributed by atoms with Gasteiger partial charge >= 0.3 is 0 Å². The minimum Gasteiger partial charge on any atom is -0.339 e. The molecule has 1 saturated carbocycles. The highest BCUT2D eigenvalue weighted by atomic mass is 16.2. The van der Waals surface area contributed by atoms with E-state index in [4.69, 9.17) is 0 Å². The van der Waals surface area contributed by atoms with Gasteiger partial charge in [0.2, 0.25) is 17.7 Å². The lowest BCUT2D eigenvalue weighted by atomic mass is 9.99. The second-order valence-corrected chi connectivity index (χ2v) is 8.92. The molecule has 1 aromatic carbocycles. The van der Waals surface area contributed by atoms with E-state index in [1.165, 1.54) is 25.7 Å². The fourth-order valence-corrected chi connectivity index (χ4v) is 5.13. The molecule has 0 bridgehead atoms. The molecular formula is C24H33N3O3. The number of benzene rings is 1. The first-order chi connectivity index (χ1) is 14.6. The van der Waals surface area contributed by atoms with E-state index in [0.717, 1.165) is 18.4 Å². The van der Waals surface area contributed by atoms with Crippen molar-refractivity contribution in [3.05, 3.63) is 35.9 Å². The number of likely N-dealkylation sites (tertiary alicyclic amines) is 1. The van der Waals surface area contributed by atoms with Gasteiger partial charge in [-0.3, -0.25) is 14.4 Å². The largest absolute Gasteiger partial charge is 0.339 e. The average Bonchev–Trinajstić information content (AvgIpc) is 3.29. The van der Waals surface area contributed by atoms with Gasteiger partial charge in [-0.15, -0.1) is 0 Å². The Morgan fingerprint density at radius 1 is 0.867 bits per heavy atom. The number of carbonyl (C=O) groups is 3. The summed E-state index contributed by atoms with van der Waals surface area (Å²) in [4.78, 5) is 44.3. The van der Waals surface area contributed by atoms with Crippen molar-refractivity contribution in [3.63, 3.8) is 0 Å². The van der Waals surface area contributed by atoms with Gasteiger partial charge in [0.05, 0.1) is 0 Å². The van der Waals surface area contributed by atoms with Crippen LogP contribution in [0.25, 0.3) is 0 Å². The third-order valence-corrected chi connectivity index (χ3v) is 6.90. The van der Waals surface area contributed by atoms with Gasteiger partial charge < -0.3 is 14.7 Å². The second-order valence-electron chi connectivity index (χ2n) is 8.92. The SMILES string of the molecule is O=C(CC1CCCC1)N1CCN(C(=O)C(c2ccccc2)N2CCCCC2=O)CC1. The molecule has 6 nitrogen and oxygen atoms in total. The van der Waals surface area contributed by atoms with E-state index in [1.807, 2.05) is 40.1 Å². The lowest BCUT2D eigenvalue weighted by Gasteiger charge is -2.40.